The highest BCUT2D eigenvalue weighted by Crippen LogP contribution is 2.21. The van der Waals surface area contributed by atoms with Crippen LogP contribution < -0.4 is 4.72 Å². The highest BCUT2D eigenvalue weighted by Gasteiger charge is 2.22. The van der Waals surface area contributed by atoms with Gasteiger partial charge in [-0.3, -0.25) is 0 Å². The largest absolute Gasteiger partial charge is 0.241 e. The number of sulfonamides is 1. The van der Waals surface area contributed by atoms with Gasteiger partial charge in [0.15, 0.2) is 11.6 Å². The van der Waals surface area contributed by atoms with Crippen LogP contribution in [0.2, 0.25) is 0 Å². The van der Waals surface area contributed by atoms with Gasteiger partial charge >= 0.3 is 0 Å². The standard InChI is InChI=1S/C16H13F2NO2S/c1-2-6-16(12-7-4-3-5-8-12)19-22(20,21)13-9-10-14(17)15(18)11-13/h1,3-5,7-11,16,19H,6H2/t16-/m1/s1. The predicted molar refractivity (Wildman–Crippen MR) is 79.3 cm³/mol. The molecule has 0 amide bonds. The molecule has 6 heteroatoms. The molecule has 0 aliphatic rings. The summed E-state index contributed by atoms with van der Waals surface area (Å²) in [6.07, 6.45) is 5.41. The van der Waals surface area contributed by atoms with E-state index < -0.39 is 27.7 Å². The molecule has 0 spiro atoms. The summed E-state index contributed by atoms with van der Waals surface area (Å²) < 4.78 is 53.1. The summed E-state index contributed by atoms with van der Waals surface area (Å²) in [4.78, 5) is -0.357. The van der Waals surface area contributed by atoms with Crippen molar-refractivity contribution in [2.45, 2.75) is 17.4 Å². The number of nitrogens with one attached hydrogen (secondary N) is 1. The average Bonchev–Trinajstić information content (AvgIpc) is 2.50. The SMILES string of the molecule is C#CC[C@@H](NS(=O)(=O)c1ccc(F)c(F)c1)c1ccccc1. The maximum Gasteiger partial charge on any atom is 0.241 e. The van der Waals surface area contributed by atoms with E-state index in [9.17, 15) is 17.2 Å². The van der Waals surface area contributed by atoms with Gasteiger partial charge in [0.2, 0.25) is 10.0 Å². The van der Waals surface area contributed by atoms with Gasteiger partial charge in [0.05, 0.1) is 10.9 Å². The lowest BCUT2D eigenvalue weighted by molar-refractivity contribution is 0.503. The van der Waals surface area contributed by atoms with Crippen LogP contribution in [-0.2, 0) is 10.0 Å². The van der Waals surface area contributed by atoms with Crippen molar-refractivity contribution >= 4 is 10.0 Å². The zero-order valence-corrected chi connectivity index (χ0v) is 12.3. The molecule has 0 aliphatic carbocycles. The summed E-state index contributed by atoms with van der Waals surface area (Å²) in [6.45, 7) is 0. The van der Waals surface area contributed by atoms with Crippen molar-refractivity contribution in [2.24, 2.45) is 0 Å². The Morgan fingerprint density at radius 3 is 2.36 bits per heavy atom. The van der Waals surface area contributed by atoms with E-state index in [1.807, 2.05) is 0 Å². The second-order valence-electron chi connectivity index (χ2n) is 4.57. The summed E-state index contributed by atoms with van der Waals surface area (Å²) in [6, 6.07) is 10.5. The molecule has 0 bridgehead atoms. The normalized spacial score (nSPS) is 12.6. The van der Waals surface area contributed by atoms with E-state index in [0.29, 0.717) is 11.6 Å². The van der Waals surface area contributed by atoms with E-state index in [4.69, 9.17) is 6.42 Å². The zero-order chi connectivity index (χ0) is 16.2. The zero-order valence-electron chi connectivity index (χ0n) is 11.5. The van der Waals surface area contributed by atoms with Crippen molar-refractivity contribution in [1.82, 2.24) is 4.72 Å². The Balaban J connectivity index is 2.32. The number of hydrogen-bond donors (Lipinski definition) is 1. The summed E-state index contributed by atoms with van der Waals surface area (Å²) in [5.74, 6) is 0.0649. The molecule has 0 fully saturated rings. The number of benzene rings is 2. The van der Waals surface area contributed by atoms with Gasteiger partial charge in [-0.05, 0) is 23.8 Å². The average molecular weight is 321 g/mol. The first-order chi connectivity index (χ1) is 10.4. The number of halogens is 2. The quantitative estimate of drug-likeness (QED) is 0.861. The molecule has 0 aromatic heterocycles. The molecule has 1 N–H and O–H groups in total. The van der Waals surface area contributed by atoms with Crippen LogP contribution in [0.25, 0.3) is 0 Å². The van der Waals surface area contributed by atoms with Crippen molar-refractivity contribution in [2.75, 3.05) is 0 Å². The lowest BCUT2D eigenvalue weighted by atomic mass is 10.1. The third kappa shape index (κ3) is 3.70. The summed E-state index contributed by atoms with van der Waals surface area (Å²) in [5.41, 5.74) is 0.687. The van der Waals surface area contributed by atoms with Crippen LogP contribution in [0.4, 0.5) is 8.78 Å². The maximum absolute atomic E-state index is 13.2. The number of terminal acetylenes is 1. The highest BCUT2D eigenvalue weighted by atomic mass is 32.2. The van der Waals surface area contributed by atoms with E-state index >= 15 is 0 Å². The minimum atomic E-state index is -4.02. The monoisotopic (exact) mass is 321 g/mol. The van der Waals surface area contributed by atoms with Gasteiger partial charge in [0, 0.05) is 6.42 Å². The molecule has 0 unspecified atom stereocenters. The van der Waals surface area contributed by atoms with Crippen LogP contribution in [0.1, 0.15) is 18.0 Å². The van der Waals surface area contributed by atoms with Gasteiger partial charge < -0.3 is 0 Å². The first-order valence-corrected chi connectivity index (χ1v) is 7.88. The van der Waals surface area contributed by atoms with Gasteiger partial charge in [0.25, 0.3) is 0 Å². The molecule has 2 rings (SSSR count). The molecule has 0 aliphatic heterocycles. The first kappa shape index (κ1) is 16.1. The number of rotatable bonds is 5. The van der Waals surface area contributed by atoms with Gasteiger partial charge in [0.1, 0.15) is 0 Å². The minimum Gasteiger partial charge on any atom is -0.207 e. The van der Waals surface area contributed by atoms with Crippen LogP contribution in [0.15, 0.2) is 53.4 Å². The summed E-state index contributed by atoms with van der Waals surface area (Å²) in [5, 5.41) is 0. The smallest absolute Gasteiger partial charge is 0.207 e. The van der Waals surface area contributed by atoms with Crippen LogP contribution in [0.3, 0.4) is 0 Å². The van der Waals surface area contributed by atoms with E-state index in [-0.39, 0.29) is 11.3 Å². The van der Waals surface area contributed by atoms with Gasteiger partial charge in [-0.2, -0.15) is 0 Å². The fourth-order valence-corrected chi connectivity index (χ4v) is 3.17. The number of hydrogen-bond acceptors (Lipinski definition) is 2. The topological polar surface area (TPSA) is 46.2 Å². The van der Waals surface area contributed by atoms with Crippen molar-refractivity contribution < 1.29 is 17.2 Å². The second-order valence-corrected chi connectivity index (χ2v) is 6.28. The van der Waals surface area contributed by atoms with Crippen molar-refractivity contribution in [3.63, 3.8) is 0 Å². The van der Waals surface area contributed by atoms with Crippen LogP contribution in [0, 0.1) is 24.0 Å². The Hall–Kier alpha value is -2.23. The van der Waals surface area contributed by atoms with E-state index in [1.165, 1.54) is 0 Å². The Morgan fingerprint density at radius 2 is 1.77 bits per heavy atom. The molecule has 0 saturated carbocycles. The lowest BCUT2D eigenvalue weighted by Gasteiger charge is -2.17. The van der Waals surface area contributed by atoms with Gasteiger partial charge in [-0.15, -0.1) is 12.3 Å². The molecule has 22 heavy (non-hydrogen) atoms. The molecule has 114 valence electrons. The molecule has 0 heterocycles. The maximum atomic E-state index is 13.2. The predicted octanol–water partition coefficient (Wildman–Crippen LogP) is 3.01. The van der Waals surface area contributed by atoms with Gasteiger partial charge in [-0.25, -0.2) is 21.9 Å². The van der Waals surface area contributed by atoms with Crippen molar-refractivity contribution in [3.05, 3.63) is 65.7 Å². The molecule has 3 nitrogen and oxygen atoms in total. The highest BCUT2D eigenvalue weighted by molar-refractivity contribution is 7.89. The Morgan fingerprint density at radius 1 is 1.09 bits per heavy atom. The van der Waals surface area contributed by atoms with E-state index in [0.717, 1.165) is 12.1 Å². The lowest BCUT2D eigenvalue weighted by Crippen LogP contribution is -2.28. The molecule has 2 aromatic rings. The molecular formula is C16H13F2NO2S. The molecule has 1 atom stereocenters. The van der Waals surface area contributed by atoms with Crippen LogP contribution in [-0.4, -0.2) is 8.42 Å². The fourth-order valence-electron chi connectivity index (χ4n) is 1.93. The minimum absolute atomic E-state index is 0.132. The fraction of sp³-hybridized carbons (Fsp3) is 0.125. The third-order valence-electron chi connectivity index (χ3n) is 3.02. The van der Waals surface area contributed by atoms with E-state index in [2.05, 4.69) is 10.6 Å². The van der Waals surface area contributed by atoms with Crippen molar-refractivity contribution in [3.8, 4) is 12.3 Å². The first-order valence-electron chi connectivity index (χ1n) is 6.40. The molecule has 0 radical (unpaired) electrons. The molecule has 2 aromatic carbocycles. The van der Waals surface area contributed by atoms with Crippen LogP contribution in [0.5, 0.6) is 0 Å². The second kappa shape index (κ2) is 6.69. The molecule has 0 saturated heterocycles. The van der Waals surface area contributed by atoms with Crippen molar-refractivity contribution in [1.29, 1.82) is 0 Å². The van der Waals surface area contributed by atoms with Crippen LogP contribution >= 0.6 is 0 Å². The Bertz CT molecular complexity index is 799. The Labute approximate surface area is 128 Å². The third-order valence-corrected chi connectivity index (χ3v) is 4.49. The van der Waals surface area contributed by atoms with E-state index in [1.54, 1.807) is 30.3 Å². The summed E-state index contributed by atoms with van der Waals surface area (Å²) in [7, 11) is -4.02. The Kier molecular flexibility index (Phi) is 4.91. The molecular weight excluding hydrogens is 308 g/mol. The van der Waals surface area contributed by atoms with Gasteiger partial charge in [-0.1, -0.05) is 30.3 Å². The summed E-state index contributed by atoms with van der Waals surface area (Å²) >= 11 is 0.